The molecular formula is C20H30N6O2. The number of methoxy groups -OCH3 is 2. The number of ether oxygens (including phenoxy) is 2. The molecule has 28 heavy (non-hydrogen) atoms. The summed E-state index contributed by atoms with van der Waals surface area (Å²) in [5, 5.41) is 6.46. The summed E-state index contributed by atoms with van der Waals surface area (Å²) in [4.78, 5) is 15.4. The molecule has 1 aromatic heterocycles. The molecule has 0 spiro atoms. The van der Waals surface area contributed by atoms with Crippen molar-refractivity contribution < 1.29 is 9.47 Å². The molecule has 3 rings (SSSR count). The average molecular weight is 387 g/mol. The molecule has 0 bridgehead atoms. The van der Waals surface area contributed by atoms with Crippen molar-refractivity contribution in [3.05, 3.63) is 24.5 Å². The largest absolute Gasteiger partial charge is 0.493 e. The number of hydrogen-bond acceptors (Lipinski definition) is 8. The molecule has 1 aliphatic rings. The van der Waals surface area contributed by atoms with Crippen molar-refractivity contribution in [3.8, 4) is 11.5 Å². The number of nitrogens with one attached hydrogen (secondary N) is 2. The van der Waals surface area contributed by atoms with Gasteiger partial charge in [-0.25, -0.2) is 9.97 Å². The van der Waals surface area contributed by atoms with Gasteiger partial charge in [-0.1, -0.05) is 6.42 Å². The highest BCUT2D eigenvalue weighted by Gasteiger charge is 2.17. The molecule has 1 aliphatic heterocycles. The van der Waals surface area contributed by atoms with Crippen LogP contribution >= 0.6 is 0 Å². The molecule has 8 heteroatoms. The average Bonchev–Trinajstić information content (AvgIpc) is 2.72. The molecule has 1 unspecified atom stereocenters. The number of rotatable bonds is 9. The highest BCUT2D eigenvalue weighted by molar-refractivity contribution is 5.60. The van der Waals surface area contributed by atoms with Crippen LogP contribution in [0.3, 0.4) is 0 Å². The number of nitrogens with zero attached hydrogens (tertiary/aromatic N) is 4. The van der Waals surface area contributed by atoms with Crippen LogP contribution in [0.25, 0.3) is 0 Å². The van der Waals surface area contributed by atoms with Crippen LogP contribution in [0.15, 0.2) is 24.5 Å². The predicted octanol–water partition coefficient (Wildman–Crippen LogP) is 3.31. The summed E-state index contributed by atoms with van der Waals surface area (Å²) >= 11 is 0. The smallest absolute Gasteiger partial charge is 0.231 e. The number of hydrogen-bond donors (Lipinski definition) is 2. The lowest BCUT2D eigenvalue weighted by molar-refractivity contribution is 0.160. The number of aromatic nitrogens is 3. The Kier molecular flexibility index (Phi) is 7.25. The van der Waals surface area contributed by atoms with Crippen LogP contribution < -0.4 is 20.1 Å². The SMILES string of the molecule is COc1ccc(Nc2ncnc(NCCCN3CCCCC3C)n2)cc1OC. The van der Waals surface area contributed by atoms with Crippen LogP contribution in [0.1, 0.15) is 32.6 Å². The van der Waals surface area contributed by atoms with E-state index in [1.807, 2.05) is 18.2 Å². The van der Waals surface area contributed by atoms with Crippen molar-refractivity contribution in [3.63, 3.8) is 0 Å². The minimum atomic E-state index is 0.481. The van der Waals surface area contributed by atoms with Gasteiger partial charge in [-0.2, -0.15) is 4.98 Å². The fourth-order valence-corrected chi connectivity index (χ4v) is 3.46. The molecule has 152 valence electrons. The maximum atomic E-state index is 5.33. The Morgan fingerprint density at radius 1 is 1.11 bits per heavy atom. The molecule has 0 aliphatic carbocycles. The molecule has 2 aromatic rings. The molecule has 0 amide bonds. The van der Waals surface area contributed by atoms with Crippen molar-refractivity contribution in [2.45, 2.75) is 38.6 Å². The molecule has 1 fully saturated rings. The third-order valence-corrected chi connectivity index (χ3v) is 5.06. The van der Waals surface area contributed by atoms with Crippen LogP contribution in [-0.2, 0) is 0 Å². The van der Waals surface area contributed by atoms with Crippen molar-refractivity contribution in [1.29, 1.82) is 0 Å². The monoisotopic (exact) mass is 386 g/mol. The van der Waals surface area contributed by atoms with Crippen LogP contribution in [0.2, 0.25) is 0 Å². The van der Waals surface area contributed by atoms with E-state index in [4.69, 9.17) is 9.47 Å². The first kappa shape index (κ1) is 20.1. The van der Waals surface area contributed by atoms with Crippen molar-refractivity contribution in [1.82, 2.24) is 19.9 Å². The van der Waals surface area contributed by atoms with E-state index >= 15 is 0 Å². The van der Waals surface area contributed by atoms with Gasteiger partial charge in [-0.15, -0.1) is 0 Å². The van der Waals surface area contributed by atoms with Gasteiger partial charge in [0.25, 0.3) is 0 Å². The zero-order chi connectivity index (χ0) is 19.8. The van der Waals surface area contributed by atoms with Gasteiger partial charge in [0.1, 0.15) is 6.33 Å². The van der Waals surface area contributed by atoms with Gasteiger partial charge >= 0.3 is 0 Å². The first-order valence-corrected chi connectivity index (χ1v) is 9.85. The van der Waals surface area contributed by atoms with Crippen molar-refractivity contribution >= 4 is 17.6 Å². The standard InChI is InChI=1S/C20H30N6O2/c1-15-7-4-5-11-26(15)12-6-10-21-19-22-14-23-20(25-19)24-16-8-9-17(27-2)18(13-16)28-3/h8-9,13-15H,4-7,10-12H2,1-3H3,(H2,21,22,23,24,25). The van der Waals surface area contributed by atoms with Gasteiger partial charge in [0.05, 0.1) is 14.2 Å². The maximum absolute atomic E-state index is 5.33. The lowest BCUT2D eigenvalue weighted by atomic mass is 10.0. The van der Waals surface area contributed by atoms with E-state index < -0.39 is 0 Å². The van der Waals surface area contributed by atoms with E-state index in [1.54, 1.807) is 14.2 Å². The summed E-state index contributed by atoms with van der Waals surface area (Å²) in [6.45, 7) is 5.48. The summed E-state index contributed by atoms with van der Waals surface area (Å²) in [6.07, 6.45) is 6.55. The molecule has 1 atom stereocenters. The third kappa shape index (κ3) is 5.45. The molecule has 0 radical (unpaired) electrons. The Morgan fingerprint density at radius 2 is 1.93 bits per heavy atom. The Bertz CT molecular complexity index is 757. The van der Waals surface area contributed by atoms with Gasteiger partial charge in [0.2, 0.25) is 11.9 Å². The molecule has 1 saturated heterocycles. The first-order valence-electron chi connectivity index (χ1n) is 9.85. The lowest BCUT2D eigenvalue weighted by Gasteiger charge is -2.33. The summed E-state index contributed by atoms with van der Waals surface area (Å²) < 4.78 is 10.6. The minimum absolute atomic E-state index is 0.481. The quantitative estimate of drug-likeness (QED) is 0.635. The van der Waals surface area contributed by atoms with Gasteiger partial charge in [-0.05, 0) is 44.9 Å². The molecule has 1 aromatic carbocycles. The Balaban J connectivity index is 1.51. The fourth-order valence-electron chi connectivity index (χ4n) is 3.46. The van der Waals surface area contributed by atoms with Crippen LogP contribution in [0, 0.1) is 0 Å². The second-order valence-corrected chi connectivity index (χ2v) is 6.99. The Hall–Kier alpha value is -2.61. The van der Waals surface area contributed by atoms with E-state index in [2.05, 4.69) is 37.4 Å². The minimum Gasteiger partial charge on any atom is -0.493 e. The zero-order valence-corrected chi connectivity index (χ0v) is 16.9. The number of benzene rings is 1. The molecular weight excluding hydrogens is 356 g/mol. The van der Waals surface area contributed by atoms with Gasteiger partial charge in [-0.3, -0.25) is 0 Å². The zero-order valence-electron chi connectivity index (χ0n) is 16.9. The highest BCUT2D eigenvalue weighted by atomic mass is 16.5. The van der Waals surface area contributed by atoms with Crippen LogP contribution in [0.4, 0.5) is 17.6 Å². The second-order valence-electron chi connectivity index (χ2n) is 6.99. The number of piperidine rings is 1. The molecule has 0 saturated carbocycles. The van der Waals surface area contributed by atoms with Crippen LogP contribution in [0.5, 0.6) is 11.5 Å². The van der Waals surface area contributed by atoms with Gasteiger partial charge < -0.3 is 25.0 Å². The number of anilines is 3. The van der Waals surface area contributed by atoms with Crippen LogP contribution in [-0.4, -0.2) is 59.7 Å². The Morgan fingerprint density at radius 3 is 2.71 bits per heavy atom. The third-order valence-electron chi connectivity index (χ3n) is 5.06. The van der Waals surface area contributed by atoms with Gasteiger partial charge in [0.15, 0.2) is 11.5 Å². The highest BCUT2D eigenvalue weighted by Crippen LogP contribution is 2.30. The number of likely N-dealkylation sites (tertiary alicyclic amines) is 1. The topological polar surface area (TPSA) is 84.4 Å². The second kappa shape index (κ2) is 10.1. The summed E-state index contributed by atoms with van der Waals surface area (Å²) in [6, 6.07) is 6.26. The van der Waals surface area contributed by atoms with E-state index in [9.17, 15) is 0 Å². The van der Waals surface area contributed by atoms with E-state index in [1.165, 1.54) is 32.1 Å². The summed E-state index contributed by atoms with van der Waals surface area (Å²) in [7, 11) is 3.22. The summed E-state index contributed by atoms with van der Waals surface area (Å²) in [5.41, 5.74) is 0.814. The molecule has 8 nitrogen and oxygen atoms in total. The van der Waals surface area contributed by atoms with Gasteiger partial charge in [0, 0.05) is 30.9 Å². The van der Waals surface area contributed by atoms with Crippen molar-refractivity contribution in [2.75, 3.05) is 44.5 Å². The van der Waals surface area contributed by atoms with E-state index in [0.29, 0.717) is 29.4 Å². The fraction of sp³-hybridized carbons (Fsp3) is 0.550. The molecule has 2 N–H and O–H groups in total. The predicted molar refractivity (Wildman–Crippen MR) is 111 cm³/mol. The summed E-state index contributed by atoms with van der Waals surface area (Å²) in [5.74, 6) is 2.37. The normalized spacial score (nSPS) is 17.2. The first-order chi connectivity index (χ1) is 13.7. The maximum Gasteiger partial charge on any atom is 0.231 e. The lowest BCUT2D eigenvalue weighted by Crippen LogP contribution is -2.38. The van der Waals surface area contributed by atoms with E-state index in [0.717, 1.165) is 25.2 Å². The van der Waals surface area contributed by atoms with Crippen molar-refractivity contribution in [2.24, 2.45) is 0 Å². The van der Waals surface area contributed by atoms with E-state index in [-0.39, 0.29) is 0 Å². The Labute approximate surface area is 166 Å². The molecule has 2 heterocycles.